The Morgan fingerprint density at radius 2 is 2.41 bits per heavy atom. The molecule has 1 aromatic rings. The van der Waals surface area contributed by atoms with Crippen molar-refractivity contribution >= 4 is 39.0 Å². The topological polar surface area (TPSA) is 78.9 Å². The fourth-order valence-electron chi connectivity index (χ4n) is 1.31. The number of carbonyl (C=O) groups is 1. The van der Waals surface area contributed by atoms with E-state index in [1.54, 1.807) is 18.9 Å². The molecule has 0 aromatic carbocycles. The minimum absolute atomic E-state index is 0.0792. The van der Waals surface area contributed by atoms with Gasteiger partial charge >= 0.3 is 0 Å². The molecular formula is C10H14BrN3O2S. The van der Waals surface area contributed by atoms with Gasteiger partial charge in [0, 0.05) is 24.0 Å². The number of thiophene rings is 1. The molecule has 0 saturated carbocycles. The van der Waals surface area contributed by atoms with Gasteiger partial charge in [0.15, 0.2) is 0 Å². The number of amidine groups is 1. The molecular weight excluding hydrogens is 306 g/mol. The summed E-state index contributed by atoms with van der Waals surface area (Å²) in [5.41, 5.74) is 5.47. The van der Waals surface area contributed by atoms with Crippen LogP contribution in [0.3, 0.4) is 0 Å². The average molecular weight is 320 g/mol. The van der Waals surface area contributed by atoms with E-state index in [0.29, 0.717) is 11.4 Å². The van der Waals surface area contributed by atoms with Crippen LogP contribution in [0.2, 0.25) is 0 Å². The summed E-state index contributed by atoms with van der Waals surface area (Å²) in [6.07, 6.45) is 0. The minimum Gasteiger partial charge on any atom is -0.409 e. The summed E-state index contributed by atoms with van der Waals surface area (Å²) in [7, 11) is 1.69. The van der Waals surface area contributed by atoms with Crippen molar-refractivity contribution in [3.8, 4) is 0 Å². The molecule has 0 saturated heterocycles. The smallest absolute Gasteiger partial charge is 0.264 e. The van der Waals surface area contributed by atoms with Crippen LogP contribution in [-0.4, -0.2) is 35.4 Å². The number of nitrogens with zero attached hydrogens (tertiary/aromatic N) is 2. The molecule has 1 aromatic heterocycles. The van der Waals surface area contributed by atoms with Crippen LogP contribution in [0.25, 0.3) is 0 Å². The molecule has 1 rings (SSSR count). The van der Waals surface area contributed by atoms with Gasteiger partial charge in [-0.1, -0.05) is 12.1 Å². The molecule has 3 N–H and O–H groups in total. The number of hydrogen-bond acceptors (Lipinski definition) is 4. The fraction of sp³-hybridized carbons (Fsp3) is 0.400. The van der Waals surface area contributed by atoms with Crippen molar-refractivity contribution in [2.24, 2.45) is 16.8 Å². The maximum absolute atomic E-state index is 12.0. The number of oxime groups is 1. The Bertz CT molecular complexity index is 433. The second-order valence-electron chi connectivity index (χ2n) is 3.71. The molecule has 1 unspecified atom stereocenters. The van der Waals surface area contributed by atoms with E-state index < -0.39 is 0 Å². The SMILES string of the molecule is CC(CN(C)C(=O)c1sccc1Br)C(N)=NO. The first-order valence-electron chi connectivity index (χ1n) is 4.93. The first kappa shape index (κ1) is 14.0. The van der Waals surface area contributed by atoms with Crippen molar-refractivity contribution in [1.82, 2.24) is 4.90 Å². The van der Waals surface area contributed by atoms with Crippen molar-refractivity contribution in [2.45, 2.75) is 6.92 Å². The van der Waals surface area contributed by atoms with E-state index >= 15 is 0 Å². The average Bonchev–Trinajstić information content (AvgIpc) is 2.73. The molecule has 0 fully saturated rings. The van der Waals surface area contributed by atoms with Gasteiger partial charge in [-0.25, -0.2) is 0 Å². The molecule has 1 atom stereocenters. The highest BCUT2D eigenvalue weighted by atomic mass is 79.9. The number of halogens is 1. The molecule has 0 spiro atoms. The van der Waals surface area contributed by atoms with E-state index in [9.17, 15) is 4.79 Å². The van der Waals surface area contributed by atoms with Crippen molar-refractivity contribution < 1.29 is 10.0 Å². The molecule has 1 heterocycles. The third-order valence-electron chi connectivity index (χ3n) is 2.33. The second-order valence-corrected chi connectivity index (χ2v) is 5.48. The summed E-state index contributed by atoms with van der Waals surface area (Å²) < 4.78 is 0.788. The molecule has 7 heteroatoms. The molecule has 17 heavy (non-hydrogen) atoms. The zero-order valence-corrected chi connectivity index (χ0v) is 12.0. The van der Waals surface area contributed by atoms with Crippen LogP contribution in [0.1, 0.15) is 16.6 Å². The molecule has 5 nitrogen and oxygen atoms in total. The summed E-state index contributed by atoms with van der Waals surface area (Å²) in [6, 6.07) is 1.83. The fourth-order valence-corrected chi connectivity index (χ4v) is 2.84. The summed E-state index contributed by atoms with van der Waals surface area (Å²) in [4.78, 5) is 14.2. The third-order valence-corrected chi connectivity index (χ3v) is 4.15. The lowest BCUT2D eigenvalue weighted by molar-refractivity contribution is 0.0790. The van der Waals surface area contributed by atoms with Gasteiger partial charge in [0.05, 0.1) is 0 Å². The van der Waals surface area contributed by atoms with Crippen LogP contribution in [0.15, 0.2) is 21.1 Å². The summed E-state index contributed by atoms with van der Waals surface area (Å²) in [6.45, 7) is 2.20. The van der Waals surface area contributed by atoms with Crippen LogP contribution < -0.4 is 5.73 Å². The highest BCUT2D eigenvalue weighted by Gasteiger charge is 2.19. The van der Waals surface area contributed by atoms with Crippen LogP contribution in [0.5, 0.6) is 0 Å². The zero-order chi connectivity index (χ0) is 13.0. The normalized spacial score (nSPS) is 13.5. The molecule has 1 amide bonds. The first-order chi connectivity index (χ1) is 7.97. The number of hydrogen-bond donors (Lipinski definition) is 2. The molecule has 0 aliphatic carbocycles. The van der Waals surface area contributed by atoms with Gasteiger partial charge < -0.3 is 15.8 Å². The van der Waals surface area contributed by atoms with E-state index in [1.165, 1.54) is 11.3 Å². The second kappa shape index (κ2) is 6.02. The van der Waals surface area contributed by atoms with Crippen molar-refractivity contribution in [3.63, 3.8) is 0 Å². The van der Waals surface area contributed by atoms with Gasteiger partial charge in [-0.2, -0.15) is 0 Å². The lowest BCUT2D eigenvalue weighted by atomic mass is 10.1. The van der Waals surface area contributed by atoms with Gasteiger partial charge in [0.2, 0.25) is 0 Å². The Labute approximate surface area is 112 Å². The van der Waals surface area contributed by atoms with Gasteiger partial charge in [-0.3, -0.25) is 4.79 Å². The first-order valence-corrected chi connectivity index (χ1v) is 6.60. The predicted octanol–water partition coefficient (Wildman–Crippen LogP) is 1.97. The molecule has 94 valence electrons. The minimum atomic E-state index is -0.187. The van der Waals surface area contributed by atoms with E-state index in [-0.39, 0.29) is 17.7 Å². The molecule has 0 aliphatic rings. The van der Waals surface area contributed by atoms with Crippen molar-refractivity contribution in [2.75, 3.05) is 13.6 Å². The predicted molar refractivity (Wildman–Crippen MR) is 71.6 cm³/mol. The molecule has 0 aliphatic heterocycles. The van der Waals surface area contributed by atoms with E-state index in [1.807, 2.05) is 11.4 Å². The summed E-state index contributed by atoms with van der Waals surface area (Å²) >= 11 is 4.70. The summed E-state index contributed by atoms with van der Waals surface area (Å²) in [5.74, 6) is -0.146. The van der Waals surface area contributed by atoms with Gasteiger partial charge in [0.1, 0.15) is 10.7 Å². The Morgan fingerprint density at radius 1 is 1.76 bits per heavy atom. The monoisotopic (exact) mass is 319 g/mol. The van der Waals surface area contributed by atoms with Gasteiger partial charge in [-0.05, 0) is 27.4 Å². The maximum atomic E-state index is 12.0. The maximum Gasteiger partial charge on any atom is 0.264 e. The number of carbonyl (C=O) groups excluding carboxylic acids is 1. The van der Waals surface area contributed by atoms with Crippen LogP contribution in [-0.2, 0) is 0 Å². The van der Waals surface area contributed by atoms with E-state index in [0.717, 1.165) is 4.47 Å². The lowest BCUT2D eigenvalue weighted by Crippen LogP contribution is -2.36. The Morgan fingerprint density at radius 3 is 2.88 bits per heavy atom. The molecule has 0 bridgehead atoms. The van der Waals surface area contributed by atoms with Gasteiger partial charge in [-0.15, -0.1) is 11.3 Å². The van der Waals surface area contributed by atoms with Crippen molar-refractivity contribution in [3.05, 3.63) is 20.8 Å². The Balaban J connectivity index is 2.69. The third kappa shape index (κ3) is 3.44. The highest BCUT2D eigenvalue weighted by Crippen LogP contribution is 2.24. The number of amides is 1. The van der Waals surface area contributed by atoms with E-state index in [2.05, 4.69) is 21.1 Å². The quantitative estimate of drug-likeness (QED) is 0.385. The number of nitrogens with two attached hydrogens (primary N) is 1. The lowest BCUT2D eigenvalue weighted by Gasteiger charge is -2.20. The standard InChI is InChI=1S/C10H14BrN3O2S/c1-6(9(12)13-16)5-14(2)10(15)8-7(11)3-4-17-8/h3-4,6,16H,5H2,1-2H3,(H2,12,13). The van der Waals surface area contributed by atoms with Gasteiger partial charge in [0.25, 0.3) is 5.91 Å². The van der Waals surface area contributed by atoms with E-state index in [4.69, 9.17) is 10.9 Å². The Hall–Kier alpha value is -1.08. The highest BCUT2D eigenvalue weighted by molar-refractivity contribution is 9.10. The summed E-state index contributed by atoms with van der Waals surface area (Å²) in [5, 5.41) is 13.3. The van der Waals surface area contributed by atoms with Crippen LogP contribution in [0.4, 0.5) is 0 Å². The largest absolute Gasteiger partial charge is 0.409 e. The van der Waals surface area contributed by atoms with Crippen LogP contribution >= 0.6 is 27.3 Å². The van der Waals surface area contributed by atoms with Crippen LogP contribution in [0, 0.1) is 5.92 Å². The van der Waals surface area contributed by atoms with Crippen molar-refractivity contribution in [1.29, 1.82) is 0 Å². The zero-order valence-electron chi connectivity index (χ0n) is 9.55. The molecule has 0 radical (unpaired) electrons. The number of rotatable bonds is 4. The Kier molecular flexibility index (Phi) is 4.95.